The van der Waals surface area contributed by atoms with E-state index in [2.05, 4.69) is 25.6 Å². The first kappa shape index (κ1) is 19.9. The quantitative estimate of drug-likeness (QED) is 0.736. The summed E-state index contributed by atoms with van der Waals surface area (Å²) >= 11 is 0. The van der Waals surface area contributed by atoms with Crippen molar-refractivity contribution < 1.29 is 18.3 Å². The van der Waals surface area contributed by atoms with Crippen LogP contribution in [-0.4, -0.2) is 27.0 Å². The van der Waals surface area contributed by atoms with Crippen LogP contribution in [0.4, 0.5) is 26.1 Å². The lowest BCUT2D eigenvalue weighted by Gasteiger charge is -2.19. The average Bonchev–Trinajstić information content (AvgIpc) is 3.40. The lowest BCUT2D eigenvalue weighted by Crippen LogP contribution is -2.17. The summed E-state index contributed by atoms with van der Waals surface area (Å²) in [6, 6.07) is 3.14. The number of ether oxygens (including phenoxy) is 1. The molecule has 2 heterocycles. The Morgan fingerprint density at radius 1 is 1.29 bits per heavy atom. The van der Waals surface area contributed by atoms with Gasteiger partial charge in [0.15, 0.2) is 5.75 Å². The Hall–Kier alpha value is -2.84. The van der Waals surface area contributed by atoms with Gasteiger partial charge < -0.3 is 15.4 Å². The van der Waals surface area contributed by atoms with Crippen LogP contribution in [0.2, 0.25) is 0 Å². The third kappa shape index (κ3) is 5.11. The maximum absolute atomic E-state index is 13.7. The SMILES string of the molecule is CC(=O)Nc1cc(Nc2cc(C)nc(C(C)(F)F)n2)c(O[C@H](C)C2CC2)cn1. The molecule has 3 rings (SSSR count). The van der Waals surface area contributed by atoms with Crippen LogP contribution in [0, 0.1) is 12.8 Å². The number of halogens is 2. The molecular formula is C19H23F2N5O2. The van der Waals surface area contributed by atoms with Crippen molar-refractivity contribution >= 4 is 23.2 Å². The van der Waals surface area contributed by atoms with Crippen molar-refractivity contribution in [3.63, 3.8) is 0 Å². The predicted molar refractivity (Wildman–Crippen MR) is 101 cm³/mol. The van der Waals surface area contributed by atoms with Crippen molar-refractivity contribution in [3.05, 3.63) is 29.8 Å². The molecule has 1 amide bonds. The molecular weight excluding hydrogens is 368 g/mol. The minimum Gasteiger partial charge on any atom is -0.487 e. The molecule has 0 aliphatic heterocycles. The van der Waals surface area contributed by atoms with Gasteiger partial charge in [-0.15, -0.1) is 0 Å². The number of pyridine rings is 1. The number of aryl methyl sites for hydroxylation is 1. The largest absolute Gasteiger partial charge is 0.487 e. The standard InChI is InChI=1S/C19H23F2N5O2/c1-10-7-17(26-18(23-10)19(4,20)21)25-14-8-16(24-12(3)27)22-9-15(14)28-11(2)13-5-6-13/h7-9,11,13H,5-6H2,1-4H3,(H2,22,23,24,25,26,27)/t11-/m1/s1. The van der Waals surface area contributed by atoms with E-state index in [-0.39, 0.29) is 17.8 Å². The van der Waals surface area contributed by atoms with Gasteiger partial charge in [0.05, 0.1) is 18.0 Å². The molecule has 2 aromatic heterocycles. The van der Waals surface area contributed by atoms with E-state index in [4.69, 9.17) is 4.74 Å². The summed E-state index contributed by atoms with van der Waals surface area (Å²) in [5, 5.41) is 5.60. The second-order valence-corrected chi connectivity index (χ2v) is 7.14. The molecule has 2 N–H and O–H groups in total. The molecule has 9 heteroatoms. The Balaban J connectivity index is 1.93. The van der Waals surface area contributed by atoms with Gasteiger partial charge in [-0.2, -0.15) is 8.78 Å². The van der Waals surface area contributed by atoms with Gasteiger partial charge in [-0.25, -0.2) is 15.0 Å². The molecule has 0 aromatic carbocycles. The fraction of sp³-hybridized carbons (Fsp3) is 0.474. The monoisotopic (exact) mass is 391 g/mol. The van der Waals surface area contributed by atoms with E-state index in [1.807, 2.05) is 6.92 Å². The molecule has 1 atom stereocenters. The Labute approximate surface area is 161 Å². The van der Waals surface area contributed by atoms with Crippen LogP contribution < -0.4 is 15.4 Å². The summed E-state index contributed by atoms with van der Waals surface area (Å²) in [6.07, 6.45) is 3.72. The number of nitrogens with zero attached hydrogens (tertiary/aromatic N) is 3. The average molecular weight is 391 g/mol. The van der Waals surface area contributed by atoms with Crippen LogP contribution in [-0.2, 0) is 10.7 Å². The fourth-order valence-electron chi connectivity index (χ4n) is 2.71. The van der Waals surface area contributed by atoms with Gasteiger partial charge in [0, 0.05) is 31.7 Å². The maximum Gasteiger partial charge on any atom is 0.303 e. The van der Waals surface area contributed by atoms with Gasteiger partial charge in [-0.1, -0.05) is 0 Å². The topological polar surface area (TPSA) is 89.0 Å². The minimum atomic E-state index is -3.16. The summed E-state index contributed by atoms with van der Waals surface area (Å²) in [4.78, 5) is 23.2. The molecule has 0 saturated heterocycles. The van der Waals surface area contributed by atoms with Gasteiger partial charge in [0.1, 0.15) is 11.6 Å². The predicted octanol–water partition coefficient (Wildman–Crippen LogP) is 4.17. The van der Waals surface area contributed by atoms with Crippen molar-refractivity contribution in [2.75, 3.05) is 10.6 Å². The zero-order valence-electron chi connectivity index (χ0n) is 16.2. The zero-order valence-corrected chi connectivity index (χ0v) is 16.2. The number of alkyl halides is 2. The summed E-state index contributed by atoms with van der Waals surface area (Å²) in [7, 11) is 0. The highest BCUT2D eigenvalue weighted by Gasteiger charge is 2.31. The number of hydrogen-bond donors (Lipinski definition) is 2. The molecule has 0 unspecified atom stereocenters. The molecule has 0 bridgehead atoms. The normalized spacial score (nSPS) is 15.1. The molecule has 1 saturated carbocycles. The van der Waals surface area contributed by atoms with Crippen LogP contribution >= 0.6 is 0 Å². The molecule has 1 fully saturated rings. The van der Waals surface area contributed by atoms with Gasteiger partial charge in [-0.05, 0) is 32.6 Å². The van der Waals surface area contributed by atoms with Crippen molar-refractivity contribution in [1.82, 2.24) is 15.0 Å². The minimum absolute atomic E-state index is 0.00311. The molecule has 28 heavy (non-hydrogen) atoms. The van der Waals surface area contributed by atoms with Crippen LogP contribution in [0.1, 0.15) is 45.1 Å². The zero-order chi connectivity index (χ0) is 20.5. The highest BCUT2D eigenvalue weighted by molar-refractivity contribution is 5.88. The second-order valence-electron chi connectivity index (χ2n) is 7.14. The fourth-order valence-corrected chi connectivity index (χ4v) is 2.71. The first-order chi connectivity index (χ1) is 13.1. The second kappa shape index (κ2) is 7.65. The van der Waals surface area contributed by atoms with Crippen molar-refractivity contribution in [3.8, 4) is 5.75 Å². The van der Waals surface area contributed by atoms with Gasteiger partial charge in [-0.3, -0.25) is 4.79 Å². The molecule has 1 aliphatic rings. The van der Waals surface area contributed by atoms with E-state index in [9.17, 15) is 13.6 Å². The van der Waals surface area contributed by atoms with Gasteiger partial charge in [0.25, 0.3) is 0 Å². The van der Waals surface area contributed by atoms with Crippen molar-refractivity contribution in [1.29, 1.82) is 0 Å². The van der Waals surface area contributed by atoms with E-state index in [0.717, 1.165) is 19.8 Å². The highest BCUT2D eigenvalue weighted by Crippen LogP contribution is 2.37. The number of anilines is 3. The number of aromatic nitrogens is 3. The number of nitrogens with one attached hydrogen (secondary N) is 2. The number of carbonyl (C=O) groups excluding carboxylic acids is 1. The van der Waals surface area contributed by atoms with Gasteiger partial charge >= 0.3 is 5.92 Å². The third-order valence-electron chi connectivity index (χ3n) is 4.28. The number of hydrogen-bond acceptors (Lipinski definition) is 6. The summed E-state index contributed by atoms with van der Waals surface area (Å²) in [5.74, 6) is -2.54. The first-order valence-electron chi connectivity index (χ1n) is 9.07. The van der Waals surface area contributed by atoms with Gasteiger partial charge in [0.2, 0.25) is 11.7 Å². The number of rotatable bonds is 7. The van der Waals surface area contributed by atoms with E-state index >= 15 is 0 Å². The highest BCUT2D eigenvalue weighted by atomic mass is 19.3. The Kier molecular flexibility index (Phi) is 5.44. The van der Waals surface area contributed by atoms with Crippen LogP contribution in [0.5, 0.6) is 5.75 Å². The first-order valence-corrected chi connectivity index (χ1v) is 9.07. The van der Waals surface area contributed by atoms with Crippen molar-refractivity contribution in [2.45, 2.75) is 52.6 Å². The van der Waals surface area contributed by atoms with Crippen LogP contribution in [0.15, 0.2) is 18.3 Å². The number of carbonyl (C=O) groups is 1. The molecule has 0 radical (unpaired) electrons. The van der Waals surface area contributed by atoms with Crippen LogP contribution in [0.3, 0.4) is 0 Å². The van der Waals surface area contributed by atoms with Crippen molar-refractivity contribution in [2.24, 2.45) is 5.92 Å². The smallest absolute Gasteiger partial charge is 0.303 e. The van der Waals surface area contributed by atoms with E-state index in [1.165, 1.54) is 13.1 Å². The maximum atomic E-state index is 13.7. The van der Waals surface area contributed by atoms with E-state index in [0.29, 0.717) is 28.9 Å². The third-order valence-corrected chi connectivity index (χ3v) is 4.28. The summed E-state index contributed by atoms with van der Waals surface area (Å²) in [6.45, 7) is 5.72. The van der Waals surface area contributed by atoms with Crippen LogP contribution in [0.25, 0.3) is 0 Å². The van der Waals surface area contributed by atoms with E-state index < -0.39 is 11.7 Å². The Bertz CT molecular complexity index is 881. The number of amides is 1. The molecule has 0 spiro atoms. The lowest BCUT2D eigenvalue weighted by atomic mass is 10.2. The molecule has 2 aromatic rings. The van der Waals surface area contributed by atoms with E-state index in [1.54, 1.807) is 19.1 Å². The summed E-state index contributed by atoms with van der Waals surface area (Å²) in [5.41, 5.74) is 0.869. The molecule has 150 valence electrons. The summed E-state index contributed by atoms with van der Waals surface area (Å²) < 4.78 is 33.3. The Morgan fingerprint density at radius 2 is 2.00 bits per heavy atom. The molecule has 1 aliphatic carbocycles. The lowest BCUT2D eigenvalue weighted by molar-refractivity contribution is -0.114. The Morgan fingerprint density at radius 3 is 2.61 bits per heavy atom. The molecule has 7 nitrogen and oxygen atoms in total.